The first kappa shape index (κ1) is 32.7. The molecule has 0 aliphatic carbocycles. The quantitative estimate of drug-likeness (QED) is 0.148. The molecule has 11 heteroatoms. The summed E-state index contributed by atoms with van der Waals surface area (Å²) in [5.41, 5.74) is 8.68. The molecule has 4 unspecified atom stereocenters. The minimum absolute atomic E-state index is 0.0245. The lowest BCUT2D eigenvalue weighted by molar-refractivity contribution is -0.142. The van der Waals surface area contributed by atoms with E-state index in [0.717, 1.165) is 22.0 Å². The maximum Gasteiger partial charge on any atom is 0.326 e. The van der Waals surface area contributed by atoms with E-state index in [9.17, 15) is 24.3 Å². The summed E-state index contributed by atoms with van der Waals surface area (Å²) in [7, 11) is 0. The first-order chi connectivity index (χ1) is 20.1. The van der Waals surface area contributed by atoms with Crippen LogP contribution in [0, 0.1) is 5.92 Å². The van der Waals surface area contributed by atoms with Crippen LogP contribution in [-0.4, -0.2) is 70.0 Å². The van der Waals surface area contributed by atoms with E-state index in [1.54, 1.807) is 6.20 Å². The van der Waals surface area contributed by atoms with E-state index in [-0.39, 0.29) is 18.8 Å². The maximum absolute atomic E-state index is 13.4. The van der Waals surface area contributed by atoms with Crippen LogP contribution in [0.3, 0.4) is 0 Å². The Labute approximate surface area is 250 Å². The number of aromatic amines is 1. The summed E-state index contributed by atoms with van der Waals surface area (Å²) in [6, 6.07) is 12.9. The molecule has 0 aliphatic heterocycles. The number of hydrogen-bond acceptors (Lipinski definition) is 6. The number of aliphatic carboxylic acids is 1. The molecule has 10 nitrogen and oxygen atoms in total. The molecule has 1 aromatic heterocycles. The van der Waals surface area contributed by atoms with Crippen LogP contribution < -0.4 is 21.7 Å². The highest BCUT2D eigenvalue weighted by molar-refractivity contribution is 7.98. The first-order valence-electron chi connectivity index (χ1n) is 14.1. The van der Waals surface area contributed by atoms with Gasteiger partial charge in [-0.2, -0.15) is 11.8 Å². The molecule has 3 amide bonds. The van der Waals surface area contributed by atoms with Crippen molar-refractivity contribution in [3.63, 3.8) is 0 Å². The molecule has 226 valence electrons. The van der Waals surface area contributed by atoms with Crippen molar-refractivity contribution in [2.45, 2.75) is 63.7 Å². The Morgan fingerprint density at radius 2 is 1.48 bits per heavy atom. The Morgan fingerprint density at radius 3 is 2.14 bits per heavy atom. The minimum atomic E-state index is -1.20. The van der Waals surface area contributed by atoms with Crippen molar-refractivity contribution >= 4 is 46.4 Å². The number of amides is 3. The molecule has 7 N–H and O–H groups in total. The smallest absolute Gasteiger partial charge is 0.326 e. The summed E-state index contributed by atoms with van der Waals surface area (Å²) >= 11 is 1.53. The Hall–Kier alpha value is -3.83. The van der Waals surface area contributed by atoms with Crippen LogP contribution in [0.5, 0.6) is 0 Å². The van der Waals surface area contributed by atoms with Crippen molar-refractivity contribution in [3.05, 3.63) is 71.9 Å². The van der Waals surface area contributed by atoms with Gasteiger partial charge in [0, 0.05) is 23.5 Å². The fraction of sp³-hybridized carbons (Fsp3) is 0.419. The van der Waals surface area contributed by atoms with Crippen molar-refractivity contribution in [1.82, 2.24) is 20.9 Å². The predicted molar refractivity (Wildman–Crippen MR) is 166 cm³/mol. The van der Waals surface area contributed by atoms with E-state index in [1.807, 2.05) is 74.7 Å². The van der Waals surface area contributed by atoms with Gasteiger partial charge in [0.25, 0.3) is 0 Å². The molecule has 2 aromatic carbocycles. The van der Waals surface area contributed by atoms with Crippen molar-refractivity contribution in [3.8, 4) is 0 Å². The number of nitrogens with one attached hydrogen (secondary N) is 4. The van der Waals surface area contributed by atoms with Crippen LogP contribution in [0.1, 0.15) is 37.8 Å². The number of para-hydroxylation sites is 1. The molecule has 3 rings (SSSR count). The average molecular weight is 596 g/mol. The number of nitrogens with two attached hydrogens (primary N) is 1. The summed E-state index contributed by atoms with van der Waals surface area (Å²) < 4.78 is 0. The number of H-pyrrole nitrogens is 1. The number of hydrogen-bond donors (Lipinski definition) is 6. The molecule has 0 saturated carbocycles. The van der Waals surface area contributed by atoms with Gasteiger partial charge in [-0.1, -0.05) is 62.4 Å². The molecule has 42 heavy (non-hydrogen) atoms. The second-order valence-electron chi connectivity index (χ2n) is 10.8. The van der Waals surface area contributed by atoms with E-state index in [0.29, 0.717) is 18.6 Å². The van der Waals surface area contributed by atoms with Gasteiger partial charge in [-0.25, -0.2) is 4.79 Å². The largest absolute Gasteiger partial charge is 0.480 e. The average Bonchev–Trinajstić information content (AvgIpc) is 3.37. The summed E-state index contributed by atoms with van der Waals surface area (Å²) in [4.78, 5) is 55.0. The Morgan fingerprint density at radius 1 is 0.857 bits per heavy atom. The third kappa shape index (κ3) is 9.63. The third-order valence-electron chi connectivity index (χ3n) is 6.93. The van der Waals surface area contributed by atoms with E-state index in [4.69, 9.17) is 5.73 Å². The Balaban J connectivity index is 1.70. The van der Waals surface area contributed by atoms with Crippen LogP contribution in [0.25, 0.3) is 10.9 Å². The molecular weight excluding hydrogens is 554 g/mol. The van der Waals surface area contributed by atoms with Crippen LogP contribution in [0.4, 0.5) is 0 Å². The van der Waals surface area contributed by atoms with Crippen molar-refractivity contribution in [2.75, 3.05) is 12.0 Å². The van der Waals surface area contributed by atoms with Gasteiger partial charge in [-0.05, 0) is 54.4 Å². The van der Waals surface area contributed by atoms with Crippen LogP contribution in [0.2, 0.25) is 0 Å². The van der Waals surface area contributed by atoms with Crippen LogP contribution >= 0.6 is 11.8 Å². The van der Waals surface area contributed by atoms with E-state index in [1.165, 1.54) is 11.8 Å². The number of carbonyl (C=O) groups excluding carboxylic acids is 3. The molecule has 3 aromatic rings. The number of carboxylic acids is 1. The lowest BCUT2D eigenvalue weighted by atomic mass is 10.0. The second-order valence-corrected chi connectivity index (χ2v) is 11.8. The van der Waals surface area contributed by atoms with Gasteiger partial charge in [0.05, 0.1) is 6.04 Å². The van der Waals surface area contributed by atoms with E-state index >= 15 is 0 Å². The minimum Gasteiger partial charge on any atom is -0.480 e. The highest BCUT2D eigenvalue weighted by Crippen LogP contribution is 2.19. The van der Waals surface area contributed by atoms with Gasteiger partial charge in [0.2, 0.25) is 17.7 Å². The van der Waals surface area contributed by atoms with Crippen molar-refractivity contribution < 1.29 is 24.3 Å². The predicted octanol–water partition coefficient (Wildman–Crippen LogP) is 2.62. The fourth-order valence-electron chi connectivity index (χ4n) is 4.71. The van der Waals surface area contributed by atoms with Gasteiger partial charge < -0.3 is 31.8 Å². The standard InChI is InChI=1S/C31H41N5O5S/c1-19(2)15-26(30(39)36-27(31(40)41)17-21-18-33-24-12-8-7-11-22(21)24)35-29(38)25(13-14-42-3)34-28(37)23(32)16-20-9-5-4-6-10-20/h4-12,18-19,23,25-27,33H,13-17,32H2,1-3H3,(H,34,37)(H,35,38)(H,36,39)(H,40,41). The van der Waals surface area contributed by atoms with E-state index < -0.39 is 47.9 Å². The highest BCUT2D eigenvalue weighted by atomic mass is 32.2. The molecule has 0 spiro atoms. The van der Waals surface area contributed by atoms with Gasteiger partial charge in [-0.3, -0.25) is 14.4 Å². The number of aromatic nitrogens is 1. The zero-order chi connectivity index (χ0) is 30.6. The van der Waals surface area contributed by atoms with Gasteiger partial charge in [0.1, 0.15) is 18.1 Å². The summed E-state index contributed by atoms with van der Waals surface area (Å²) in [5.74, 6) is -2.14. The first-order valence-corrected chi connectivity index (χ1v) is 15.5. The third-order valence-corrected chi connectivity index (χ3v) is 7.58. The normalized spacial score (nSPS) is 14.1. The molecular formula is C31H41N5O5S. The number of benzene rings is 2. The number of carbonyl (C=O) groups is 4. The number of fused-ring (bicyclic) bond motifs is 1. The number of carboxylic acid groups (broad SMARTS) is 1. The van der Waals surface area contributed by atoms with Crippen LogP contribution in [-0.2, 0) is 32.0 Å². The monoisotopic (exact) mass is 595 g/mol. The Bertz CT molecular complexity index is 1350. The molecule has 0 fully saturated rings. The topological polar surface area (TPSA) is 166 Å². The zero-order valence-corrected chi connectivity index (χ0v) is 25.1. The molecule has 0 radical (unpaired) electrons. The lowest BCUT2D eigenvalue weighted by Gasteiger charge is -2.26. The van der Waals surface area contributed by atoms with Crippen molar-refractivity contribution in [1.29, 1.82) is 0 Å². The highest BCUT2D eigenvalue weighted by Gasteiger charge is 2.31. The number of rotatable bonds is 16. The summed E-state index contributed by atoms with van der Waals surface area (Å²) in [6.45, 7) is 3.81. The van der Waals surface area contributed by atoms with Gasteiger partial charge in [0.15, 0.2) is 0 Å². The SMILES string of the molecule is CSCCC(NC(=O)C(N)Cc1ccccc1)C(=O)NC(CC(C)C)C(=O)NC(Cc1c[nH]c2ccccc12)C(=O)O. The molecule has 4 atom stereocenters. The van der Waals surface area contributed by atoms with E-state index in [2.05, 4.69) is 20.9 Å². The second kappa shape index (κ2) is 16.0. The van der Waals surface area contributed by atoms with Crippen LogP contribution in [0.15, 0.2) is 60.8 Å². The lowest BCUT2D eigenvalue weighted by Crippen LogP contribution is -2.57. The van der Waals surface area contributed by atoms with Crippen molar-refractivity contribution in [2.24, 2.45) is 11.7 Å². The Kier molecular flexibility index (Phi) is 12.4. The van der Waals surface area contributed by atoms with Gasteiger partial charge in [-0.15, -0.1) is 0 Å². The maximum atomic E-state index is 13.4. The summed E-state index contributed by atoms with van der Waals surface area (Å²) in [5, 5.41) is 18.9. The number of thioether (sulfide) groups is 1. The molecule has 0 aliphatic rings. The zero-order valence-electron chi connectivity index (χ0n) is 24.3. The molecule has 0 saturated heterocycles. The molecule has 0 bridgehead atoms. The summed E-state index contributed by atoms with van der Waals surface area (Å²) in [6.07, 6.45) is 4.64. The van der Waals surface area contributed by atoms with Gasteiger partial charge >= 0.3 is 5.97 Å². The molecule has 1 heterocycles. The fourth-order valence-corrected chi connectivity index (χ4v) is 5.18.